The molecule has 0 radical (unpaired) electrons. The summed E-state index contributed by atoms with van der Waals surface area (Å²) in [7, 11) is 1.40. The van der Waals surface area contributed by atoms with Crippen molar-refractivity contribution >= 4 is 12.1 Å². The van der Waals surface area contributed by atoms with Crippen LogP contribution in [0.25, 0.3) is 0 Å². The van der Waals surface area contributed by atoms with Gasteiger partial charge in [-0.2, -0.15) is 0 Å². The number of ether oxygens (including phenoxy) is 2. The first-order valence-corrected chi connectivity index (χ1v) is 7.39. The van der Waals surface area contributed by atoms with Gasteiger partial charge >= 0.3 is 12.1 Å². The molecule has 5 nitrogen and oxygen atoms in total. The highest BCUT2D eigenvalue weighted by Gasteiger charge is 2.63. The number of hydrogen-bond donors (Lipinski definition) is 1. The standard InChI is InChI=1S/C16H29NO4/c1-13(2,3)21-12(19)17-16(7)10-9-15(6,11(18)20-8)14(16,4)5/h9-10H2,1-8H3,(H,17,19)/t15-,16+/m1/s1. The van der Waals surface area contributed by atoms with Crippen molar-refractivity contribution in [1.82, 2.24) is 5.32 Å². The van der Waals surface area contributed by atoms with E-state index < -0.39 is 28.1 Å². The SMILES string of the molecule is COC(=O)[C@@]1(C)CC[C@](C)(NC(=O)OC(C)(C)C)C1(C)C. The Kier molecular flexibility index (Phi) is 4.39. The number of rotatable bonds is 2. The van der Waals surface area contributed by atoms with Crippen molar-refractivity contribution in [2.75, 3.05) is 7.11 Å². The van der Waals surface area contributed by atoms with Gasteiger partial charge in [-0.1, -0.05) is 13.8 Å². The molecule has 2 atom stereocenters. The van der Waals surface area contributed by atoms with E-state index in [4.69, 9.17) is 9.47 Å². The molecule has 1 saturated carbocycles. The van der Waals surface area contributed by atoms with E-state index in [0.29, 0.717) is 12.8 Å². The molecule has 0 saturated heterocycles. The summed E-state index contributed by atoms with van der Waals surface area (Å²) in [6.45, 7) is 13.3. The van der Waals surface area contributed by atoms with Gasteiger partial charge in [-0.05, 0) is 47.5 Å². The van der Waals surface area contributed by atoms with Crippen LogP contribution < -0.4 is 5.32 Å². The zero-order valence-corrected chi connectivity index (χ0v) is 14.5. The summed E-state index contributed by atoms with van der Waals surface area (Å²) in [6, 6.07) is 0. The van der Waals surface area contributed by atoms with Gasteiger partial charge in [0, 0.05) is 11.0 Å². The van der Waals surface area contributed by atoms with Crippen molar-refractivity contribution in [2.24, 2.45) is 10.8 Å². The van der Waals surface area contributed by atoms with Crippen molar-refractivity contribution in [3.63, 3.8) is 0 Å². The van der Waals surface area contributed by atoms with Crippen LogP contribution in [0.15, 0.2) is 0 Å². The summed E-state index contributed by atoms with van der Waals surface area (Å²) in [5, 5.41) is 2.97. The molecule has 1 N–H and O–H groups in total. The Labute approximate surface area is 127 Å². The Morgan fingerprint density at radius 1 is 1.05 bits per heavy atom. The Morgan fingerprint density at radius 2 is 1.57 bits per heavy atom. The van der Waals surface area contributed by atoms with Crippen molar-refractivity contribution in [3.05, 3.63) is 0 Å². The first-order valence-electron chi connectivity index (χ1n) is 7.39. The predicted molar refractivity (Wildman–Crippen MR) is 80.9 cm³/mol. The molecule has 0 aromatic heterocycles. The Bertz CT molecular complexity index is 438. The molecule has 122 valence electrons. The Hall–Kier alpha value is -1.26. The van der Waals surface area contributed by atoms with Gasteiger partial charge in [0.2, 0.25) is 0 Å². The van der Waals surface area contributed by atoms with Gasteiger partial charge < -0.3 is 14.8 Å². The minimum Gasteiger partial charge on any atom is -0.469 e. The number of alkyl carbamates (subject to hydrolysis) is 1. The molecule has 1 aliphatic carbocycles. The maximum atomic E-state index is 12.2. The maximum absolute atomic E-state index is 12.2. The van der Waals surface area contributed by atoms with E-state index in [0.717, 1.165) is 0 Å². The molecule has 0 heterocycles. The molecule has 0 bridgehead atoms. The lowest BCUT2D eigenvalue weighted by Gasteiger charge is -2.45. The molecule has 0 unspecified atom stereocenters. The molecular formula is C16H29NO4. The predicted octanol–water partition coefficient (Wildman–Crippen LogP) is 3.27. The molecule has 0 aliphatic heterocycles. The minimum atomic E-state index is -0.633. The topological polar surface area (TPSA) is 64.6 Å². The van der Waals surface area contributed by atoms with E-state index >= 15 is 0 Å². The third-order valence-electron chi connectivity index (χ3n) is 5.30. The Balaban J connectivity index is 2.98. The number of nitrogens with one attached hydrogen (secondary N) is 1. The fraction of sp³-hybridized carbons (Fsp3) is 0.875. The molecule has 0 aromatic rings. The van der Waals surface area contributed by atoms with Gasteiger partial charge in [0.15, 0.2) is 0 Å². The monoisotopic (exact) mass is 299 g/mol. The van der Waals surface area contributed by atoms with E-state index in [1.165, 1.54) is 7.11 Å². The number of esters is 1. The molecule has 5 heteroatoms. The van der Waals surface area contributed by atoms with Crippen LogP contribution in [-0.4, -0.2) is 30.3 Å². The highest BCUT2D eigenvalue weighted by atomic mass is 16.6. The van der Waals surface area contributed by atoms with Gasteiger partial charge in [0.1, 0.15) is 5.60 Å². The van der Waals surface area contributed by atoms with Crippen molar-refractivity contribution in [2.45, 2.75) is 72.4 Å². The van der Waals surface area contributed by atoms with Gasteiger partial charge in [-0.25, -0.2) is 4.79 Å². The van der Waals surface area contributed by atoms with E-state index in [9.17, 15) is 9.59 Å². The lowest BCUT2D eigenvalue weighted by Crippen LogP contribution is -2.58. The van der Waals surface area contributed by atoms with Crippen LogP contribution in [0.3, 0.4) is 0 Å². The van der Waals surface area contributed by atoms with Crippen LogP contribution in [0.5, 0.6) is 0 Å². The smallest absolute Gasteiger partial charge is 0.408 e. The fourth-order valence-corrected chi connectivity index (χ4v) is 3.06. The molecular weight excluding hydrogens is 270 g/mol. The van der Waals surface area contributed by atoms with E-state index in [1.807, 2.05) is 48.5 Å². The lowest BCUT2D eigenvalue weighted by molar-refractivity contribution is -0.159. The number of methoxy groups -OCH3 is 1. The summed E-state index contributed by atoms with van der Waals surface area (Å²) >= 11 is 0. The summed E-state index contributed by atoms with van der Waals surface area (Å²) in [6.07, 6.45) is 0.913. The van der Waals surface area contributed by atoms with Gasteiger partial charge in [-0.3, -0.25) is 4.79 Å². The van der Waals surface area contributed by atoms with Gasteiger partial charge in [-0.15, -0.1) is 0 Å². The van der Waals surface area contributed by atoms with Crippen LogP contribution in [0.4, 0.5) is 4.79 Å². The van der Waals surface area contributed by atoms with Crippen LogP contribution in [0.2, 0.25) is 0 Å². The molecule has 1 fully saturated rings. The zero-order valence-electron chi connectivity index (χ0n) is 14.5. The highest BCUT2D eigenvalue weighted by Crippen LogP contribution is 2.58. The molecule has 0 aromatic carbocycles. The lowest BCUT2D eigenvalue weighted by atomic mass is 9.63. The average molecular weight is 299 g/mol. The second-order valence-electron chi connectivity index (χ2n) is 7.91. The maximum Gasteiger partial charge on any atom is 0.408 e. The fourth-order valence-electron chi connectivity index (χ4n) is 3.06. The largest absolute Gasteiger partial charge is 0.469 e. The number of amides is 1. The normalized spacial score (nSPS) is 31.6. The number of carbonyl (C=O) groups is 2. The zero-order chi connectivity index (χ0) is 16.7. The summed E-state index contributed by atoms with van der Waals surface area (Å²) in [5.74, 6) is -0.234. The second-order valence-corrected chi connectivity index (χ2v) is 7.91. The summed E-state index contributed by atoms with van der Waals surface area (Å²) in [4.78, 5) is 24.3. The molecule has 0 spiro atoms. The Morgan fingerprint density at radius 3 is 2.00 bits per heavy atom. The van der Waals surface area contributed by atoms with E-state index in [-0.39, 0.29) is 5.97 Å². The van der Waals surface area contributed by atoms with Crippen LogP contribution in [-0.2, 0) is 14.3 Å². The first kappa shape index (κ1) is 17.8. The molecule has 21 heavy (non-hydrogen) atoms. The minimum absolute atomic E-state index is 0.234. The second kappa shape index (κ2) is 5.18. The summed E-state index contributed by atoms with van der Waals surface area (Å²) < 4.78 is 10.3. The molecule has 1 amide bonds. The third-order valence-corrected chi connectivity index (χ3v) is 5.30. The van der Waals surface area contributed by atoms with Crippen LogP contribution in [0.1, 0.15) is 61.3 Å². The van der Waals surface area contributed by atoms with Gasteiger partial charge in [0.05, 0.1) is 12.5 Å². The number of hydrogen-bond acceptors (Lipinski definition) is 4. The molecule has 1 rings (SSSR count). The van der Waals surface area contributed by atoms with Crippen molar-refractivity contribution in [3.8, 4) is 0 Å². The van der Waals surface area contributed by atoms with Crippen molar-refractivity contribution in [1.29, 1.82) is 0 Å². The quantitative estimate of drug-likeness (QED) is 0.795. The highest BCUT2D eigenvalue weighted by molar-refractivity contribution is 5.79. The number of carbonyl (C=O) groups excluding carboxylic acids is 2. The van der Waals surface area contributed by atoms with Crippen LogP contribution >= 0.6 is 0 Å². The van der Waals surface area contributed by atoms with Gasteiger partial charge in [0.25, 0.3) is 0 Å². The van der Waals surface area contributed by atoms with Crippen LogP contribution in [0, 0.1) is 10.8 Å². The summed E-state index contributed by atoms with van der Waals surface area (Å²) in [5.41, 5.74) is -2.16. The van der Waals surface area contributed by atoms with E-state index in [1.54, 1.807) is 0 Å². The first-order chi connectivity index (χ1) is 9.29. The third kappa shape index (κ3) is 3.01. The average Bonchev–Trinajstić information content (AvgIpc) is 2.47. The molecule has 1 aliphatic rings. The van der Waals surface area contributed by atoms with Crippen molar-refractivity contribution < 1.29 is 19.1 Å². The van der Waals surface area contributed by atoms with E-state index in [2.05, 4.69) is 5.32 Å².